The molecule has 7 nitrogen and oxygen atoms in total. The molecule has 1 atom stereocenters. The van der Waals surface area contributed by atoms with Crippen LogP contribution in [0.2, 0.25) is 0 Å². The molecule has 0 aromatic heterocycles. The molecular formula is C11H16N2O5. The van der Waals surface area contributed by atoms with Crippen LogP contribution in [0, 0.1) is 5.92 Å². The van der Waals surface area contributed by atoms with Gasteiger partial charge in [-0.15, -0.1) is 5.06 Å². The van der Waals surface area contributed by atoms with Gasteiger partial charge in [-0.1, -0.05) is 13.8 Å². The fraction of sp³-hybridized carbons (Fsp3) is 0.636. The van der Waals surface area contributed by atoms with Crippen LogP contribution in [0.4, 0.5) is 0 Å². The number of imide groups is 1. The van der Waals surface area contributed by atoms with E-state index in [-0.39, 0.29) is 24.7 Å². The minimum atomic E-state index is -0.885. The lowest BCUT2D eigenvalue weighted by atomic mass is 10.1. The third-order valence-corrected chi connectivity index (χ3v) is 2.47. The van der Waals surface area contributed by atoms with Gasteiger partial charge in [-0.25, -0.2) is 4.79 Å². The summed E-state index contributed by atoms with van der Waals surface area (Å²) in [5.74, 6) is -2.50. The fourth-order valence-corrected chi connectivity index (χ4v) is 1.52. The Morgan fingerprint density at radius 3 is 2.11 bits per heavy atom. The molecule has 1 saturated heterocycles. The minimum Gasteiger partial charge on any atom is -0.343 e. The van der Waals surface area contributed by atoms with Crippen molar-refractivity contribution in [3.05, 3.63) is 0 Å². The molecule has 100 valence electrons. The van der Waals surface area contributed by atoms with E-state index in [9.17, 15) is 19.2 Å². The van der Waals surface area contributed by atoms with Gasteiger partial charge in [0.2, 0.25) is 5.91 Å². The van der Waals surface area contributed by atoms with Crippen LogP contribution < -0.4 is 5.32 Å². The summed E-state index contributed by atoms with van der Waals surface area (Å²) < 4.78 is 0. The molecule has 1 heterocycles. The molecular weight excluding hydrogens is 240 g/mol. The Balaban J connectivity index is 2.69. The average molecular weight is 256 g/mol. The second kappa shape index (κ2) is 5.61. The van der Waals surface area contributed by atoms with Crippen molar-refractivity contribution < 1.29 is 24.0 Å². The van der Waals surface area contributed by atoms with Crippen LogP contribution in [0.1, 0.15) is 33.6 Å². The van der Waals surface area contributed by atoms with Crippen molar-refractivity contribution in [1.82, 2.24) is 10.4 Å². The van der Waals surface area contributed by atoms with Gasteiger partial charge in [-0.3, -0.25) is 14.4 Å². The molecule has 0 radical (unpaired) electrons. The van der Waals surface area contributed by atoms with Crippen molar-refractivity contribution in [3.8, 4) is 0 Å². The Morgan fingerprint density at radius 2 is 1.72 bits per heavy atom. The summed E-state index contributed by atoms with van der Waals surface area (Å²) in [5, 5.41) is 2.89. The Morgan fingerprint density at radius 1 is 1.22 bits per heavy atom. The molecule has 1 rings (SSSR count). The van der Waals surface area contributed by atoms with Crippen LogP contribution in [-0.4, -0.2) is 34.8 Å². The van der Waals surface area contributed by atoms with Crippen molar-refractivity contribution in [3.63, 3.8) is 0 Å². The maximum atomic E-state index is 11.8. The second-order valence-electron chi connectivity index (χ2n) is 4.41. The Kier molecular flexibility index (Phi) is 4.41. The van der Waals surface area contributed by atoms with Gasteiger partial charge in [0.25, 0.3) is 11.8 Å². The summed E-state index contributed by atoms with van der Waals surface area (Å²) in [5.41, 5.74) is 0. The predicted molar refractivity (Wildman–Crippen MR) is 59.6 cm³/mol. The number of rotatable bonds is 4. The van der Waals surface area contributed by atoms with Crippen LogP contribution in [-0.2, 0) is 24.0 Å². The second-order valence-corrected chi connectivity index (χ2v) is 4.41. The molecule has 0 spiro atoms. The highest BCUT2D eigenvalue weighted by molar-refractivity contribution is 6.01. The number of nitrogens with one attached hydrogen (secondary N) is 1. The van der Waals surface area contributed by atoms with Gasteiger partial charge in [0.1, 0.15) is 6.04 Å². The summed E-state index contributed by atoms with van der Waals surface area (Å²) in [4.78, 5) is 50.0. The summed E-state index contributed by atoms with van der Waals surface area (Å²) in [6.07, 6.45) is 0.0805. The van der Waals surface area contributed by atoms with E-state index >= 15 is 0 Å². The molecule has 1 N–H and O–H groups in total. The molecule has 1 aliphatic rings. The highest BCUT2D eigenvalue weighted by Crippen LogP contribution is 2.14. The van der Waals surface area contributed by atoms with Crippen molar-refractivity contribution >= 4 is 23.7 Å². The first kappa shape index (κ1) is 14.1. The van der Waals surface area contributed by atoms with E-state index < -0.39 is 23.8 Å². The Hall–Kier alpha value is -1.92. The lowest BCUT2D eigenvalue weighted by Gasteiger charge is -2.21. The number of nitrogens with zero attached hydrogens (tertiary/aromatic N) is 1. The molecule has 1 aliphatic heterocycles. The molecule has 1 fully saturated rings. The van der Waals surface area contributed by atoms with E-state index in [1.54, 1.807) is 13.8 Å². The average Bonchev–Trinajstić information content (AvgIpc) is 2.56. The standard InChI is InChI=1S/C11H16N2O5/c1-6(2)10(12-7(3)14)11(17)18-13-8(15)4-5-9(13)16/h6,10H,4-5H2,1-3H3,(H,12,14)/t10-/m0/s1. The summed E-state index contributed by atoms with van der Waals surface area (Å²) >= 11 is 0. The third kappa shape index (κ3) is 3.28. The summed E-state index contributed by atoms with van der Waals surface area (Å²) in [6.45, 7) is 4.71. The van der Waals surface area contributed by atoms with E-state index in [2.05, 4.69) is 5.32 Å². The predicted octanol–water partition coefficient (Wildman–Crippen LogP) is -0.246. The van der Waals surface area contributed by atoms with E-state index in [0.717, 1.165) is 0 Å². The lowest BCUT2D eigenvalue weighted by molar-refractivity contribution is -0.199. The first-order valence-corrected chi connectivity index (χ1v) is 5.67. The highest BCUT2D eigenvalue weighted by atomic mass is 16.7. The van der Waals surface area contributed by atoms with Crippen molar-refractivity contribution in [2.45, 2.75) is 39.7 Å². The monoisotopic (exact) mass is 256 g/mol. The van der Waals surface area contributed by atoms with Gasteiger partial charge >= 0.3 is 5.97 Å². The Bertz CT molecular complexity index is 375. The SMILES string of the molecule is CC(=O)N[C@H](C(=O)ON1C(=O)CCC1=O)C(C)C. The van der Waals surface area contributed by atoms with Gasteiger partial charge in [-0.2, -0.15) is 0 Å². The molecule has 3 amide bonds. The number of hydroxylamine groups is 2. The zero-order valence-corrected chi connectivity index (χ0v) is 10.6. The number of carbonyl (C=O) groups is 4. The number of hydrogen-bond acceptors (Lipinski definition) is 5. The van der Waals surface area contributed by atoms with E-state index in [1.165, 1.54) is 6.92 Å². The maximum absolute atomic E-state index is 11.8. The van der Waals surface area contributed by atoms with E-state index in [1.807, 2.05) is 0 Å². The number of carbonyl (C=O) groups excluding carboxylic acids is 4. The maximum Gasteiger partial charge on any atom is 0.355 e. The van der Waals surface area contributed by atoms with Crippen LogP contribution in [0.15, 0.2) is 0 Å². The normalized spacial score (nSPS) is 17.0. The van der Waals surface area contributed by atoms with Gasteiger partial charge in [0.05, 0.1) is 0 Å². The molecule has 18 heavy (non-hydrogen) atoms. The van der Waals surface area contributed by atoms with Gasteiger partial charge in [0, 0.05) is 19.8 Å². The van der Waals surface area contributed by atoms with E-state index in [4.69, 9.17) is 4.84 Å². The highest BCUT2D eigenvalue weighted by Gasteiger charge is 2.35. The van der Waals surface area contributed by atoms with Crippen molar-refractivity contribution in [2.24, 2.45) is 5.92 Å². The fourth-order valence-electron chi connectivity index (χ4n) is 1.52. The molecule has 0 saturated carbocycles. The van der Waals surface area contributed by atoms with Crippen molar-refractivity contribution in [2.75, 3.05) is 0 Å². The first-order valence-electron chi connectivity index (χ1n) is 5.67. The van der Waals surface area contributed by atoms with Crippen LogP contribution >= 0.6 is 0 Å². The zero-order chi connectivity index (χ0) is 13.9. The number of hydrogen-bond donors (Lipinski definition) is 1. The summed E-state index contributed by atoms with van der Waals surface area (Å²) in [7, 11) is 0. The van der Waals surface area contributed by atoms with Gasteiger partial charge in [-0.05, 0) is 5.92 Å². The van der Waals surface area contributed by atoms with Crippen LogP contribution in [0.3, 0.4) is 0 Å². The molecule has 0 aromatic carbocycles. The quantitative estimate of drug-likeness (QED) is 0.700. The summed E-state index contributed by atoms with van der Waals surface area (Å²) in [6, 6.07) is -0.885. The third-order valence-electron chi connectivity index (χ3n) is 2.47. The van der Waals surface area contributed by atoms with Crippen LogP contribution in [0.25, 0.3) is 0 Å². The van der Waals surface area contributed by atoms with Crippen LogP contribution in [0.5, 0.6) is 0 Å². The van der Waals surface area contributed by atoms with Gasteiger partial charge < -0.3 is 10.2 Å². The van der Waals surface area contributed by atoms with Crippen molar-refractivity contribution in [1.29, 1.82) is 0 Å². The first-order chi connectivity index (χ1) is 8.32. The number of amides is 3. The molecule has 0 bridgehead atoms. The Labute approximate surface area is 104 Å². The smallest absolute Gasteiger partial charge is 0.343 e. The molecule has 7 heteroatoms. The molecule has 0 aromatic rings. The molecule has 0 aliphatic carbocycles. The topological polar surface area (TPSA) is 92.8 Å². The van der Waals surface area contributed by atoms with Gasteiger partial charge in [0.15, 0.2) is 0 Å². The van der Waals surface area contributed by atoms with E-state index in [0.29, 0.717) is 5.06 Å². The largest absolute Gasteiger partial charge is 0.355 e. The zero-order valence-electron chi connectivity index (χ0n) is 10.6. The lowest BCUT2D eigenvalue weighted by Crippen LogP contribution is -2.47. The minimum absolute atomic E-state index is 0.0403. The molecule has 0 unspecified atom stereocenters.